The highest BCUT2D eigenvalue weighted by atomic mass is 16.2. The Bertz CT molecular complexity index is 751. The first-order valence-corrected chi connectivity index (χ1v) is 7.26. The summed E-state index contributed by atoms with van der Waals surface area (Å²) in [5.74, 6) is 0.341. The van der Waals surface area contributed by atoms with Gasteiger partial charge in [-0.3, -0.25) is 9.59 Å². The van der Waals surface area contributed by atoms with E-state index in [0.717, 1.165) is 18.4 Å². The van der Waals surface area contributed by atoms with Crippen molar-refractivity contribution in [2.24, 2.45) is 17.8 Å². The molecular weight excluding hydrogens is 268 g/mol. The van der Waals surface area contributed by atoms with Gasteiger partial charge < -0.3 is 5.32 Å². The van der Waals surface area contributed by atoms with Crippen LogP contribution in [-0.2, 0) is 9.59 Å². The van der Waals surface area contributed by atoms with Crippen LogP contribution in [0, 0.1) is 24.7 Å². The van der Waals surface area contributed by atoms with Gasteiger partial charge in [-0.25, -0.2) is 9.50 Å². The van der Waals surface area contributed by atoms with E-state index in [9.17, 15) is 9.59 Å². The van der Waals surface area contributed by atoms with Crippen molar-refractivity contribution < 1.29 is 9.59 Å². The molecule has 1 N–H and O–H groups in total. The molecule has 2 fully saturated rings. The van der Waals surface area contributed by atoms with Crippen LogP contribution < -0.4 is 5.32 Å². The highest BCUT2D eigenvalue weighted by Gasteiger charge is 2.48. The third-order valence-corrected chi connectivity index (χ3v) is 4.81. The number of anilines is 1. The molecule has 6 heteroatoms. The molecule has 0 aliphatic heterocycles. The van der Waals surface area contributed by atoms with Crippen LogP contribution in [-0.4, -0.2) is 26.3 Å². The summed E-state index contributed by atoms with van der Waals surface area (Å²) in [7, 11) is 0. The van der Waals surface area contributed by atoms with Crippen molar-refractivity contribution in [3.63, 3.8) is 0 Å². The van der Waals surface area contributed by atoms with Gasteiger partial charge in [0.1, 0.15) is 12.1 Å². The standard InChI is InChI=1S/C15H16N4O2/c1-8-2-3-19-14(16-7-17-19)13(8)18-15(21)11-5-9-4-10(11)12(20)6-9/h2-3,7,9-11H,4-6H2,1H3,(H,18,21)/t9-,10+,11?/m0/s1. The minimum atomic E-state index is -0.182. The monoisotopic (exact) mass is 284 g/mol. The molecule has 0 spiro atoms. The molecule has 6 nitrogen and oxygen atoms in total. The number of fused-ring (bicyclic) bond motifs is 3. The molecule has 2 heterocycles. The number of rotatable bonds is 2. The van der Waals surface area contributed by atoms with Crippen LogP contribution >= 0.6 is 0 Å². The summed E-state index contributed by atoms with van der Waals surface area (Å²) in [6.07, 6.45) is 5.65. The molecule has 2 bridgehead atoms. The number of pyridine rings is 1. The van der Waals surface area contributed by atoms with Gasteiger partial charge in [-0.15, -0.1) is 0 Å². The molecule has 2 aromatic rings. The Balaban J connectivity index is 1.63. The predicted octanol–water partition coefficient (Wildman–Crippen LogP) is 1.59. The van der Waals surface area contributed by atoms with Gasteiger partial charge in [0, 0.05) is 24.5 Å². The van der Waals surface area contributed by atoms with Crippen LogP contribution in [0.2, 0.25) is 0 Å². The molecule has 21 heavy (non-hydrogen) atoms. The number of carbonyl (C=O) groups excluding carboxylic acids is 2. The summed E-state index contributed by atoms with van der Waals surface area (Å²) >= 11 is 0. The first-order chi connectivity index (χ1) is 10.1. The van der Waals surface area contributed by atoms with E-state index in [1.807, 2.05) is 19.2 Å². The molecule has 108 valence electrons. The molecule has 3 atom stereocenters. The van der Waals surface area contributed by atoms with Crippen molar-refractivity contribution in [3.05, 3.63) is 24.2 Å². The van der Waals surface area contributed by atoms with Gasteiger partial charge in [-0.1, -0.05) is 0 Å². The summed E-state index contributed by atoms with van der Waals surface area (Å²) in [6, 6.07) is 1.89. The van der Waals surface area contributed by atoms with Crippen molar-refractivity contribution in [1.82, 2.24) is 14.6 Å². The molecule has 0 aromatic carbocycles. The number of Topliss-reactive ketones (excluding diaryl/α,β-unsaturated/α-hetero) is 1. The number of ketones is 1. The molecule has 2 aliphatic rings. The Morgan fingerprint density at radius 2 is 2.29 bits per heavy atom. The lowest BCUT2D eigenvalue weighted by Crippen LogP contribution is -2.31. The largest absolute Gasteiger partial charge is 0.322 e. The SMILES string of the molecule is Cc1ccn2ncnc2c1NC(=O)C1C[C@H]2CC(=O)[C@@H]1C2. The molecule has 1 amide bonds. The van der Waals surface area contributed by atoms with Gasteiger partial charge in [0.25, 0.3) is 0 Å². The quantitative estimate of drug-likeness (QED) is 0.908. The minimum absolute atomic E-state index is 0.0604. The third-order valence-electron chi connectivity index (χ3n) is 4.81. The lowest BCUT2D eigenvalue weighted by Gasteiger charge is -2.20. The molecule has 2 aliphatic carbocycles. The van der Waals surface area contributed by atoms with Gasteiger partial charge in [0.15, 0.2) is 5.65 Å². The Hall–Kier alpha value is -2.24. The van der Waals surface area contributed by atoms with E-state index in [1.165, 1.54) is 6.33 Å². The molecule has 1 unspecified atom stereocenters. The molecule has 2 aromatic heterocycles. The van der Waals surface area contributed by atoms with Crippen LogP contribution in [0.5, 0.6) is 0 Å². The van der Waals surface area contributed by atoms with E-state index in [1.54, 1.807) is 4.52 Å². The van der Waals surface area contributed by atoms with Crippen molar-refractivity contribution >= 4 is 23.0 Å². The number of nitrogens with zero attached hydrogens (tertiary/aromatic N) is 3. The topological polar surface area (TPSA) is 76.4 Å². The lowest BCUT2D eigenvalue weighted by atomic mass is 9.87. The van der Waals surface area contributed by atoms with Crippen LogP contribution in [0.15, 0.2) is 18.6 Å². The van der Waals surface area contributed by atoms with Crippen LogP contribution in [0.4, 0.5) is 5.69 Å². The Labute approximate surface area is 121 Å². The molecular formula is C15H16N4O2. The number of nitrogens with one attached hydrogen (secondary N) is 1. The van der Waals surface area contributed by atoms with E-state index >= 15 is 0 Å². The number of aryl methyl sites for hydroxylation is 1. The first kappa shape index (κ1) is 12.5. The number of aromatic nitrogens is 3. The lowest BCUT2D eigenvalue weighted by molar-refractivity contribution is -0.130. The van der Waals surface area contributed by atoms with E-state index in [2.05, 4.69) is 15.4 Å². The van der Waals surface area contributed by atoms with Gasteiger partial charge in [0.2, 0.25) is 5.91 Å². The van der Waals surface area contributed by atoms with Crippen molar-refractivity contribution in [2.75, 3.05) is 5.32 Å². The number of hydrogen-bond acceptors (Lipinski definition) is 4. The zero-order valence-electron chi connectivity index (χ0n) is 11.7. The fraction of sp³-hybridized carbons (Fsp3) is 0.467. The third kappa shape index (κ3) is 1.86. The highest BCUT2D eigenvalue weighted by Crippen LogP contribution is 2.46. The Kier molecular flexibility index (Phi) is 2.60. The smallest absolute Gasteiger partial charge is 0.228 e. The molecule has 4 rings (SSSR count). The fourth-order valence-corrected chi connectivity index (χ4v) is 3.74. The van der Waals surface area contributed by atoms with E-state index in [-0.39, 0.29) is 23.5 Å². The average Bonchev–Trinajstić information content (AvgIpc) is 3.15. The number of amides is 1. The summed E-state index contributed by atoms with van der Waals surface area (Å²) in [5, 5.41) is 7.05. The summed E-state index contributed by atoms with van der Waals surface area (Å²) < 4.78 is 1.63. The Morgan fingerprint density at radius 1 is 1.43 bits per heavy atom. The molecule has 0 saturated heterocycles. The zero-order chi connectivity index (χ0) is 14.6. The average molecular weight is 284 g/mol. The second kappa shape index (κ2) is 4.38. The molecule has 2 saturated carbocycles. The van der Waals surface area contributed by atoms with Gasteiger partial charge in [-0.2, -0.15) is 5.10 Å². The van der Waals surface area contributed by atoms with Crippen molar-refractivity contribution in [1.29, 1.82) is 0 Å². The second-order valence-corrected chi connectivity index (χ2v) is 6.11. The summed E-state index contributed by atoms with van der Waals surface area (Å²) in [4.78, 5) is 28.6. The maximum atomic E-state index is 12.5. The van der Waals surface area contributed by atoms with Crippen LogP contribution in [0.1, 0.15) is 24.8 Å². The maximum absolute atomic E-state index is 12.5. The summed E-state index contributed by atoms with van der Waals surface area (Å²) in [5.41, 5.74) is 2.27. The van der Waals surface area contributed by atoms with Gasteiger partial charge >= 0.3 is 0 Å². The van der Waals surface area contributed by atoms with E-state index in [0.29, 0.717) is 23.7 Å². The summed E-state index contributed by atoms with van der Waals surface area (Å²) in [6.45, 7) is 1.93. The fourth-order valence-electron chi connectivity index (χ4n) is 3.74. The highest BCUT2D eigenvalue weighted by molar-refractivity contribution is 6.00. The number of carbonyl (C=O) groups is 2. The van der Waals surface area contributed by atoms with Gasteiger partial charge in [0.05, 0.1) is 5.69 Å². The van der Waals surface area contributed by atoms with Crippen molar-refractivity contribution in [3.8, 4) is 0 Å². The minimum Gasteiger partial charge on any atom is -0.322 e. The van der Waals surface area contributed by atoms with E-state index in [4.69, 9.17) is 0 Å². The predicted molar refractivity (Wildman–Crippen MR) is 75.7 cm³/mol. The first-order valence-electron chi connectivity index (χ1n) is 7.26. The Morgan fingerprint density at radius 3 is 3.05 bits per heavy atom. The van der Waals surface area contributed by atoms with Gasteiger partial charge in [-0.05, 0) is 37.3 Å². The molecule has 0 radical (unpaired) electrons. The maximum Gasteiger partial charge on any atom is 0.228 e. The normalized spacial score (nSPS) is 27.5. The second-order valence-electron chi connectivity index (χ2n) is 6.11. The van der Waals surface area contributed by atoms with Crippen LogP contribution in [0.25, 0.3) is 5.65 Å². The van der Waals surface area contributed by atoms with Crippen molar-refractivity contribution in [2.45, 2.75) is 26.2 Å². The zero-order valence-corrected chi connectivity index (χ0v) is 11.7. The number of hydrogen-bond donors (Lipinski definition) is 1. The van der Waals surface area contributed by atoms with Crippen LogP contribution in [0.3, 0.4) is 0 Å². The van der Waals surface area contributed by atoms with E-state index < -0.39 is 0 Å².